The van der Waals surface area contributed by atoms with Crippen LogP contribution in [0.25, 0.3) is 10.8 Å². The van der Waals surface area contributed by atoms with Gasteiger partial charge in [-0.15, -0.1) is 0 Å². The van der Waals surface area contributed by atoms with Crippen molar-refractivity contribution < 1.29 is 0 Å². The zero-order chi connectivity index (χ0) is 25.8. The molecule has 0 aliphatic carbocycles. The minimum Gasteiger partial charge on any atom is -0.444 e. The van der Waals surface area contributed by atoms with Crippen molar-refractivity contribution in [2.75, 3.05) is 21.9 Å². The summed E-state index contributed by atoms with van der Waals surface area (Å²) in [6.07, 6.45) is 7.36. The van der Waals surface area contributed by atoms with E-state index in [1.165, 1.54) is 24.0 Å². The van der Waals surface area contributed by atoms with Crippen LogP contribution in [0, 0.1) is 0 Å². The van der Waals surface area contributed by atoms with Crippen LogP contribution in [0.15, 0.2) is 79.0 Å². The normalized spacial score (nSPS) is 15.2. The van der Waals surface area contributed by atoms with E-state index in [-0.39, 0.29) is 13.7 Å². The number of nitrogens with two attached hydrogens (primary N) is 1. The minimum atomic E-state index is 0.241. The number of anilines is 3. The maximum Gasteiger partial charge on any atom is 0.243 e. The van der Waals surface area contributed by atoms with Gasteiger partial charge >= 0.3 is 0 Å². The Kier molecular flexibility index (Phi) is 7.68. The summed E-state index contributed by atoms with van der Waals surface area (Å²) < 4.78 is 2.53. The molecule has 1 unspecified atom stereocenters. The number of pyridine rings is 2. The number of hydrogen-bond donors (Lipinski definition) is 1. The molecule has 0 spiro atoms. The molecule has 188 valence electrons. The van der Waals surface area contributed by atoms with Gasteiger partial charge in [-0.3, -0.25) is 0 Å². The van der Waals surface area contributed by atoms with Gasteiger partial charge in [0.1, 0.15) is 17.5 Å². The fourth-order valence-corrected chi connectivity index (χ4v) is 6.00. The molecule has 1 saturated heterocycles. The summed E-state index contributed by atoms with van der Waals surface area (Å²) in [6.45, 7) is 8.46. The smallest absolute Gasteiger partial charge is 0.243 e. The van der Waals surface area contributed by atoms with Crippen molar-refractivity contribution in [2.24, 2.45) is 0 Å². The Morgan fingerprint density at radius 1 is 0.946 bits per heavy atom. The largest absolute Gasteiger partial charge is 0.444 e. The van der Waals surface area contributed by atoms with E-state index in [0.29, 0.717) is 11.9 Å². The third kappa shape index (κ3) is 5.61. The summed E-state index contributed by atoms with van der Waals surface area (Å²) in [5.41, 5.74) is 8.84. The number of fused-ring (bicyclic) bond motifs is 1. The van der Waals surface area contributed by atoms with Crippen LogP contribution in [0.3, 0.4) is 0 Å². The van der Waals surface area contributed by atoms with Gasteiger partial charge in [0.15, 0.2) is 0 Å². The van der Waals surface area contributed by atoms with E-state index in [2.05, 4.69) is 102 Å². The van der Waals surface area contributed by atoms with E-state index in [4.69, 9.17) is 10.7 Å². The van der Waals surface area contributed by atoms with E-state index >= 15 is 0 Å². The summed E-state index contributed by atoms with van der Waals surface area (Å²) in [5, 5.41) is 2.17. The van der Waals surface area contributed by atoms with E-state index in [1.807, 2.05) is 12.3 Å². The molecule has 0 bridgehead atoms. The minimum absolute atomic E-state index is 0.241. The lowest BCUT2D eigenvalue weighted by Crippen LogP contribution is -2.50. The Balaban J connectivity index is 1.62. The van der Waals surface area contributed by atoms with Crippen molar-refractivity contribution in [2.45, 2.75) is 58.5 Å². The molecular formula is C30H37B2N5. The van der Waals surface area contributed by atoms with Gasteiger partial charge in [-0.05, 0) is 49.4 Å². The van der Waals surface area contributed by atoms with E-state index in [9.17, 15) is 0 Å². The van der Waals surface area contributed by atoms with Crippen molar-refractivity contribution in [1.29, 1.82) is 0 Å². The first-order valence-electron chi connectivity index (χ1n) is 13.7. The molecule has 2 N–H and O–H groups in total. The highest BCUT2D eigenvalue weighted by atomic mass is 15.2. The third-order valence-electron chi connectivity index (χ3n) is 7.79. The average molecular weight is 489 g/mol. The number of nitrogens with zero attached hydrogens (tertiary/aromatic N) is 4. The molecule has 7 heteroatoms. The van der Waals surface area contributed by atoms with Gasteiger partial charge in [0.25, 0.3) is 0 Å². The van der Waals surface area contributed by atoms with Crippen molar-refractivity contribution in [3.05, 3.63) is 90.1 Å². The summed E-state index contributed by atoms with van der Waals surface area (Å²) in [6, 6.07) is 26.3. The molecule has 0 saturated carbocycles. The molecule has 1 atom stereocenters. The number of rotatable bonds is 9. The Labute approximate surface area is 222 Å². The Bertz CT molecular complexity index is 1270. The van der Waals surface area contributed by atoms with Gasteiger partial charge in [0.05, 0.1) is 0 Å². The first-order chi connectivity index (χ1) is 18.0. The number of nitrogen functional groups attached to an aromatic ring is 1. The van der Waals surface area contributed by atoms with Crippen LogP contribution in [0.2, 0.25) is 13.6 Å². The van der Waals surface area contributed by atoms with Crippen LogP contribution in [0.1, 0.15) is 37.3 Å². The molecule has 37 heavy (non-hydrogen) atoms. The van der Waals surface area contributed by atoms with Gasteiger partial charge in [-0.2, -0.15) is 0 Å². The SMILES string of the molecule is CCC1CCCN1c1cc2cc(N)ncc2c(N(B(C)Cc2ccccc2)B(C)Cc2ccccc2)n1. The zero-order valence-corrected chi connectivity index (χ0v) is 22.3. The summed E-state index contributed by atoms with van der Waals surface area (Å²) in [7, 11) is 0. The second kappa shape index (κ2) is 11.3. The quantitative estimate of drug-likeness (QED) is 0.284. The lowest BCUT2D eigenvalue weighted by Gasteiger charge is -2.36. The molecule has 1 fully saturated rings. The van der Waals surface area contributed by atoms with Crippen LogP contribution in [0.4, 0.5) is 17.5 Å². The van der Waals surface area contributed by atoms with Gasteiger partial charge in [0.2, 0.25) is 13.7 Å². The molecular weight excluding hydrogens is 452 g/mol. The van der Waals surface area contributed by atoms with Gasteiger partial charge < -0.3 is 15.4 Å². The predicted octanol–water partition coefficient (Wildman–Crippen LogP) is 6.20. The standard InChI is InChI=1S/C30H37B2N5/c1-4-26-16-11-17-36(26)29-19-25-18-28(33)34-22-27(25)30(35-29)37(31(2)20-23-12-7-5-8-13-23)32(3)21-24-14-9-6-10-15-24/h5-10,12-15,18-19,22,26H,4,11,16-17,20-21H2,1-3H3,(H2,33,34). The third-order valence-corrected chi connectivity index (χ3v) is 7.79. The summed E-state index contributed by atoms with van der Waals surface area (Å²) >= 11 is 0. The molecule has 5 nitrogen and oxygen atoms in total. The Morgan fingerprint density at radius 2 is 1.57 bits per heavy atom. The summed E-state index contributed by atoms with van der Waals surface area (Å²) in [5.74, 6) is 2.61. The van der Waals surface area contributed by atoms with E-state index in [0.717, 1.165) is 48.0 Å². The molecule has 0 radical (unpaired) electrons. The summed E-state index contributed by atoms with van der Waals surface area (Å²) in [4.78, 5) is 12.4. The van der Waals surface area contributed by atoms with Crippen LogP contribution < -0.4 is 15.4 Å². The predicted molar refractivity (Wildman–Crippen MR) is 161 cm³/mol. The van der Waals surface area contributed by atoms with E-state index < -0.39 is 0 Å². The molecule has 1 aliphatic rings. The zero-order valence-electron chi connectivity index (χ0n) is 22.3. The van der Waals surface area contributed by atoms with Gasteiger partial charge in [-0.25, -0.2) is 9.97 Å². The van der Waals surface area contributed by atoms with Crippen LogP contribution >= 0.6 is 0 Å². The second-order valence-electron chi connectivity index (χ2n) is 10.5. The monoisotopic (exact) mass is 489 g/mol. The number of aromatic nitrogens is 2. The van der Waals surface area contributed by atoms with Crippen molar-refractivity contribution in [3.8, 4) is 0 Å². The fourth-order valence-electron chi connectivity index (χ4n) is 6.00. The molecule has 1 aliphatic heterocycles. The van der Waals surface area contributed by atoms with Crippen molar-refractivity contribution in [1.82, 2.24) is 9.97 Å². The lowest BCUT2D eigenvalue weighted by atomic mass is 9.45. The Hall–Kier alpha value is -3.47. The maximum absolute atomic E-state index is 6.17. The molecule has 2 aromatic heterocycles. The van der Waals surface area contributed by atoms with Crippen molar-refractivity contribution >= 4 is 41.9 Å². The number of benzene rings is 2. The number of hydrogen-bond acceptors (Lipinski definition) is 5. The Morgan fingerprint density at radius 3 is 2.16 bits per heavy atom. The first-order valence-corrected chi connectivity index (χ1v) is 13.7. The second-order valence-corrected chi connectivity index (χ2v) is 10.5. The highest BCUT2D eigenvalue weighted by Gasteiger charge is 2.31. The highest BCUT2D eigenvalue weighted by molar-refractivity contribution is 6.82. The average Bonchev–Trinajstić information content (AvgIpc) is 3.39. The van der Waals surface area contributed by atoms with Crippen LogP contribution in [-0.2, 0) is 12.6 Å². The fraction of sp³-hybridized carbons (Fsp3) is 0.333. The maximum atomic E-state index is 6.17. The molecule has 0 amide bonds. The lowest BCUT2D eigenvalue weighted by molar-refractivity contribution is 0.641. The topological polar surface area (TPSA) is 58.3 Å². The molecule has 4 aromatic rings. The highest BCUT2D eigenvalue weighted by Crippen LogP contribution is 2.35. The molecule has 2 aromatic carbocycles. The van der Waals surface area contributed by atoms with Crippen molar-refractivity contribution in [3.63, 3.8) is 0 Å². The molecule has 5 rings (SSSR count). The molecule has 3 heterocycles. The van der Waals surface area contributed by atoms with Gasteiger partial charge in [-0.1, -0.05) is 92.4 Å². The van der Waals surface area contributed by atoms with E-state index in [1.54, 1.807) is 0 Å². The van der Waals surface area contributed by atoms with Crippen LogP contribution in [0.5, 0.6) is 0 Å². The first kappa shape index (κ1) is 25.2. The van der Waals surface area contributed by atoms with Gasteiger partial charge in [0, 0.05) is 24.2 Å². The van der Waals surface area contributed by atoms with Crippen LogP contribution in [-0.4, -0.2) is 36.2 Å².